The number of nitrogens with two attached hydrogens (primary N) is 1. The number of aromatic nitrogens is 4. The molecular formula is C11H14N6S. The van der Waals surface area contributed by atoms with Gasteiger partial charge in [-0.3, -0.25) is 4.68 Å². The highest BCUT2D eigenvalue weighted by molar-refractivity contribution is 7.80. The average molecular weight is 262 g/mol. The van der Waals surface area contributed by atoms with E-state index in [-0.39, 0.29) is 4.99 Å². The minimum absolute atomic E-state index is 0.257. The number of thiocarbonyl (C=S) groups is 1. The second kappa shape index (κ2) is 6.06. The smallest absolute Gasteiger partial charge is 0.144 e. The van der Waals surface area contributed by atoms with Crippen molar-refractivity contribution in [3.8, 4) is 0 Å². The first-order valence-electron chi connectivity index (χ1n) is 5.59. The van der Waals surface area contributed by atoms with Crippen LogP contribution in [0.3, 0.4) is 0 Å². The van der Waals surface area contributed by atoms with Crippen LogP contribution in [0.15, 0.2) is 30.9 Å². The Morgan fingerprint density at radius 1 is 1.39 bits per heavy atom. The Labute approximate surface area is 110 Å². The summed E-state index contributed by atoms with van der Waals surface area (Å²) < 4.78 is 1.89. The summed E-state index contributed by atoms with van der Waals surface area (Å²) >= 11 is 4.80. The van der Waals surface area contributed by atoms with E-state index in [9.17, 15) is 0 Å². The number of aryl methyl sites for hydroxylation is 1. The van der Waals surface area contributed by atoms with Crippen molar-refractivity contribution in [3.05, 3.63) is 36.5 Å². The van der Waals surface area contributed by atoms with E-state index in [1.54, 1.807) is 18.6 Å². The van der Waals surface area contributed by atoms with E-state index >= 15 is 0 Å². The van der Waals surface area contributed by atoms with Gasteiger partial charge >= 0.3 is 0 Å². The van der Waals surface area contributed by atoms with Crippen molar-refractivity contribution in [2.24, 2.45) is 5.73 Å². The van der Waals surface area contributed by atoms with E-state index in [1.165, 1.54) is 0 Å². The molecule has 18 heavy (non-hydrogen) atoms. The molecular weight excluding hydrogens is 248 g/mol. The molecule has 94 valence electrons. The maximum atomic E-state index is 5.44. The summed E-state index contributed by atoms with van der Waals surface area (Å²) in [7, 11) is 0. The van der Waals surface area contributed by atoms with E-state index in [2.05, 4.69) is 20.4 Å². The zero-order chi connectivity index (χ0) is 12.8. The molecule has 0 aliphatic heterocycles. The first-order valence-corrected chi connectivity index (χ1v) is 5.99. The highest BCUT2D eigenvalue weighted by Gasteiger charge is 1.99. The third kappa shape index (κ3) is 3.49. The quantitative estimate of drug-likeness (QED) is 0.592. The van der Waals surface area contributed by atoms with Crippen molar-refractivity contribution in [1.29, 1.82) is 0 Å². The third-order valence-electron chi connectivity index (χ3n) is 2.33. The Morgan fingerprint density at radius 2 is 2.28 bits per heavy atom. The van der Waals surface area contributed by atoms with E-state index in [1.807, 2.05) is 16.9 Å². The summed E-state index contributed by atoms with van der Waals surface area (Å²) in [5.74, 6) is 0.718. The van der Waals surface area contributed by atoms with Crippen LogP contribution >= 0.6 is 12.2 Å². The SMILES string of the molecule is NC(=S)c1cnc(NCCCn2cccn2)cn1. The lowest BCUT2D eigenvalue weighted by Gasteiger charge is -2.05. The van der Waals surface area contributed by atoms with Crippen LogP contribution in [0.4, 0.5) is 5.82 Å². The molecule has 0 aromatic carbocycles. The van der Waals surface area contributed by atoms with Crippen LogP contribution < -0.4 is 11.1 Å². The van der Waals surface area contributed by atoms with Crippen LogP contribution in [0.1, 0.15) is 12.1 Å². The Bertz CT molecular complexity index is 493. The van der Waals surface area contributed by atoms with Gasteiger partial charge in [0.25, 0.3) is 0 Å². The minimum atomic E-state index is 0.257. The Kier molecular flexibility index (Phi) is 4.19. The molecule has 0 unspecified atom stereocenters. The van der Waals surface area contributed by atoms with Crippen LogP contribution in [0.2, 0.25) is 0 Å². The summed E-state index contributed by atoms with van der Waals surface area (Å²) in [6.07, 6.45) is 7.87. The molecule has 0 aliphatic carbocycles. The van der Waals surface area contributed by atoms with E-state index < -0.39 is 0 Å². The maximum Gasteiger partial charge on any atom is 0.144 e. The fourth-order valence-corrected chi connectivity index (χ4v) is 1.54. The normalized spacial score (nSPS) is 10.2. The highest BCUT2D eigenvalue weighted by Crippen LogP contribution is 2.01. The molecule has 0 spiro atoms. The van der Waals surface area contributed by atoms with Gasteiger partial charge in [-0.1, -0.05) is 12.2 Å². The summed E-state index contributed by atoms with van der Waals surface area (Å²) in [5, 5.41) is 7.30. The molecule has 6 nitrogen and oxygen atoms in total. The number of nitrogens with zero attached hydrogens (tertiary/aromatic N) is 4. The number of nitrogens with one attached hydrogen (secondary N) is 1. The molecule has 0 saturated carbocycles. The molecule has 0 amide bonds. The van der Waals surface area contributed by atoms with Crippen LogP contribution in [0, 0.1) is 0 Å². The summed E-state index contributed by atoms with van der Waals surface area (Å²) in [4.78, 5) is 8.53. The monoisotopic (exact) mass is 262 g/mol. The van der Waals surface area contributed by atoms with Gasteiger partial charge in [0.2, 0.25) is 0 Å². The molecule has 0 bridgehead atoms. The molecule has 7 heteroatoms. The first-order chi connectivity index (χ1) is 8.75. The van der Waals surface area contributed by atoms with Gasteiger partial charge in [0.05, 0.1) is 12.4 Å². The summed E-state index contributed by atoms with van der Waals surface area (Å²) in [6, 6.07) is 1.91. The fraction of sp³-hybridized carbons (Fsp3) is 0.273. The van der Waals surface area contributed by atoms with Crippen molar-refractivity contribution in [2.75, 3.05) is 11.9 Å². The van der Waals surface area contributed by atoms with Gasteiger partial charge in [0.15, 0.2) is 0 Å². The number of hydrogen-bond donors (Lipinski definition) is 2. The zero-order valence-corrected chi connectivity index (χ0v) is 10.6. The molecule has 0 fully saturated rings. The third-order valence-corrected chi connectivity index (χ3v) is 2.54. The molecule has 0 atom stereocenters. The maximum absolute atomic E-state index is 5.44. The topological polar surface area (TPSA) is 81.6 Å². The first kappa shape index (κ1) is 12.4. The van der Waals surface area contributed by atoms with Gasteiger partial charge in [0, 0.05) is 25.5 Å². The van der Waals surface area contributed by atoms with Crippen molar-refractivity contribution in [2.45, 2.75) is 13.0 Å². The lowest BCUT2D eigenvalue weighted by molar-refractivity contribution is 0.591. The Morgan fingerprint density at radius 3 is 2.89 bits per heavy atom. The Balaban J connectivity index is 1.75. The van der Waals surface area contributed by atoms with Gasteiger partial charge in [-0.05, 0) is 12.5 Å². The second-order valence-corrected chi connectivity index (χ2v) is 4.14. The van der Waals surface area contributed by atoms with Gasteiger partial charge in [-0.2, -0.15) is 5.10 Å². The van der Waals surface area contributed by atoms with Crippen LogP contribution in [-0.2, 0) is 6.54 Å². The largest absolute Gasteiger partial charge is 0.388 e. The van der Waals surface area contributed by atoms with Crippen LogP contribution in [-0.4, -0.2) is 31.3 Å². The van der Waals surface area contributed by atoms with Crippen molar-refractivity contribution >= 4 is 23.0 Å². The van der Waals surface area contributed by atoms with Crippen LogP contribution in [0.25, 0.3) is 0 Å². The van der Waals surface area contributed by atoms with Gasteiger partial charge in [-0.15, -0.1) is 0 Å². The molecule has 0 saturated heterocycles. The van der Waals surface area contributed by atoms with Gasteiger partial charge in [0.1, 0.15) is 16.5 Å². The van der Waals surface area contributed by atoms with E-state index in [0.29, 0.717) is 5.69 Å². The second-order valence-electron chi connectivity index (χ2n) is 3.70. The lowest BCUT2D eigenvalue weighted by atomic mass is 10.4. The van der Waals surface area contributed by atoms with Crippen molar-refractivity contribution < 1.29 is 0 Å². The van der Waals surface area contributed by atoms with Crippen molar-refractivity contribution in [1.82, 2.24) is 19.7 Å². The molecule has 2 aromatic heterocycles. The lowest BCUT2D eigenvalue weighted by Crippen LogP contribution is -2.13. The molecule has 0 aliphatic rings. The standard InChI is InChI=1S/C11H14N6S/c12-11(18)9-7-15-10(8-14-9)13-3-1-5-17-6-2-4-16-17/h2,4,6-8H,1,3,5H2,(H2,12,18)(H,13,15). The number of anilines is 1. The van der Waals surface area contributed by atoms with Gasteiger partial charge in [-0.25, -0.2) is 9.97 Å². The van der Waals surface area contributed by atoms with E-state index in [4.69, 9.17) is 18.0 Å². The minimum Gasteiger partial charge on any atom is -0.388 e. The molecule has 2 aromatic rings. The fourth-order valence-electron chi connectivity index (χ4n) is 1.44. The van der Waals surface area contributed by atoms with E-state index in [0.717, 1.165) is 25.3 Å². The number of hydrogen-bond acceptors (Lipinski definition) is 5. The number of rotatable bonds is 6. The average Bonchev–Trinajstić information content (AvgIpc) is 2.88. The zero-order valence-electron chi connectivity index (χ0n) is 9.78. The van der Waals surface area contributed by atoms with Crippen molar-refractivity contribution in [3.63, 3.8) is 0 Å². The van der Waals surface area contributed by atoms with Crippen LogP contribution in [0.5, 0.6) is 0 Å². The summed E-state index contributed by atoms with van der Waals surface area (Å²) in [5.41, 5.74) is 5.97. The molecule has 0 radical (unpaired) electrons. The Hall–Kier alpha value is -2.02. The predicted molar refractivity (Wildman–Crippen MR) is 73.3 cm³/mol. The highest BCUT2D eigenvalue weighted by atomic mass is 32.1. The molecule has 2 heterocycles. The molecule has 3 N–H and O–H groups in total. The summed E-state index contributed by atoms with van der Waals surface area (Å²) in [6.45, 7) is 1.68. The molecule has 2 rings (SSSR count). The predicted octanol–water partition coefficient (Wildman–Crippen LogP) is 0.809. The van der Waals surface area contributed by atoms with Gasteiger partial charge < -0.3 is 11.1 Å².